The number of methoxy groups -OCH3 is 1. The number of anilines is 1. The van der Waals surface area contributed by atoms with Crippen LogP contribution in [0.4, 0.5) is 5.69 Å². The normalized spacial score (nSPS) is 15.9. The van der Waals surface area contributed by atoms with E-state index in [2.05, 4.69) is 38.7 Å². The molecule has 5 nitrogen and oxygen atoms in total. The Morgan fingerprint density at radius 3 is 2.29 bits per heavy atom. The van der Waals surface area contributed by atoms with Crippen LogP contribution in [0.1, 0.15) is 27.7 Å². The van der Waals surface area contributed by atoms with Gasteiger partial charge in [-0.15, -0.1) is 0 Å². The van der Waals surface area contributed by atoms with E-state index in [0.717, 1.165) is 37.6 Å². The molecule has 1 aromatic carbocycles. The summed E-state index contributed by atoms with van der Waals surface area (Å²) in [6.07, 6.45) is 0. The maximum atomic E-state index is 12.6. The van der Waals surface area contributed by atoms with Crippen molar-refractivity contribution >= 4 is 11.6 Å². The summed E-state index contributed by atoms with van der Waals surface area (Å²) < 4.78 is 5.46. The fourth-order valence-corrected chi connectivity index (χ4v) is 3.61. The molecule has 1 aromatic rings. The zero-order chi connectivity index (χ0) is 17.7. The molecule has 0 aliphatic carbocycles. The molecule has 0 spiro atoms. The maximum absolute atomic E-state index is 12.6. The van der Waals surface area contributed by atoms with Crippen LogP contribution in [0.15, 0.2) is 24.3 Å². The van der Waals surface area contributed by atoms with Crippen LogP contribution >= 0.6 is 0 Å². The molecular formula is C19H32N3O2+. The van der Waals surface area contributed by atoms with Crippen LogP contribution in [0, 0.1) is 0 Å². The van der Waals surface area contributed by atoms with Crippen LogP contribution < -0.4 is 14.5 Å². The summed E-state index contributed by atoms with van der Waals surface area (Å²) in [6, 6.07) is 8.66. The first kappa shape index (κ1) is 18.6. The Labute approximate surface area is 146 Å². The second kappa shape index (κ2) is 8.38. The first-order valence-corrected chi connectivity index (χ1v) is 8.96. The Morgan fingerprint density at radius 2 is 1.75 bits per heavy atom. The molecule has 0 bridgehead atoms. The first-order valence-electron chi connectivity index (χ1n) is 8.96. The second-order valence-corrected chi connectivity index (χ2v) is 7.07. The molecule has 24 heavy (non-hydrogen) atoms. The average Bonchev–Trinajstić information content (AvgIpc) is 2.54. The SMILES string of the molecule is COc1ccccc1N1CC[NH+](CC(=O)N(C(C)C)C(C)C)CC1. The smallest absolute Gasteiger partial charge is 0.278 e. The van der Waals surface area contributed by atoms with Gasteiger partial charge in [-0.1, -0.05) is 12.1 Å². The van der Waals surface area contributed by atoms with Gasteiger partial charge in [0.2, 0.25) is 0 Å². The molecule has 2 rings (SSSR count). The third-order valence-corrected chi connectivity index (χ3v) is 4.70. The van der Waals surface area contributed by atoms with Crippen LogP contribution in [0.25, 0.3) is 0 Å². The molecule has 1 heterocycles. The molecular weight excluding hydrogens is 302 g/mol. The lowest BCUT2D eigenvalue weighted by Gasteiger charge is -2.36. The van der Waals surface area contributed by atoms with Gasteiger partial charge in [0.15, 0.2) is 6.54 Å². The van der Waals surface area contributed by atoms with Crippen molar-refractivity contribution in [1.82, 2.24) is 4.90 Å². The first-order chi connectivity index (χ1) is 11.4. The van der Waals surface area contributed by atoms with Crippen LogP contribution in [0.2, 0.25) is 0 Å². The predicted octanol–water partition coefficient (Wildman–Crippen LogP) is 1.05. The number of nitrogens with one attached hydrogen (secondary N) is 1. The Bertz CT molecular complexity index is 529. The quantitative estimate of drug-likeness (QED) is 0.845. The molecule has 1 aliphatic heterocycles. The van der Waals surface area contributed by atoms with Crippen molar-refractivity contribution in [3.05, 3.63) is 24.3 Å². The summed E-state index contributed by atoms with van der Waals surface area (Å²) in [5.74, 6) is 1.18. The average molecular weight is 334 g/mol. The van der Waals surface area contributed by atoms with Crippen molar-refractivity contribution in [2.24, 2.45) is 0 Å². The van der Waals surface area contributed by atoms with E-state index in [0.29, 0.717) is 6.54 Å². The van der Waals surface area contributed by atoms with Crippen LogP contribution in [-0.4, -0.2) is 62.7 Å². The summed E-state index contributed by atoms with van der Waals surface area (Å²) in [4.78, 5) is 18.3. The highest BCUT2D eigenvalue weighted by molar-refractivity contribution is 5.77. The van der Waals surface area contributed by atoms with Gasteiger partial charge >= 0.3 is 0 Å². The van der Waals surface area contributed by atoms with Crippen molar-refractivity contribution in [2.45, 2.75) is 39.8 Å². The number of hydrogen-bond acceptors (Lipinski definition) is 3. The molecule has 1 aliphatic rings. The van der Waals surface area contributed by atoms with E-state index >= 15 is 0 Å². The van der Waals surface area contributed by atoms with Crippen LogP contribution in [-0.2, 0) is 4.79 Å². The van der Waals surface area contributed by atoms with E-state index in [4.69, 9.17) is 4.74 Å². The van der Waals surface area contributed by atoms with Gasteiger partial charge in [-0.05, 0) is 39.8 Å². The second-order valence-electron chi connectivity index (χ2n) is 7.07. The molecule has 0 saturated carbocycles. The Morgan fingerprint density at radius 1 is 1.17 bits per heavy atom. The Balaban J connectivity index is 1.92. The summed E-state index contributed by atoms with van der Waals surface area (Å²) >= 11 is 0. The lowest BCUT2D eigenvalue weighted by Crippen LogP contribution is -3.16. The van der Waals surface area contributed by atoms with Gasteiger partial charge in [0.25, 0.3) is 5.91 Å². The van der Waals surface area contributed by atoms with E-state index < -0.39 is 0 Å². The summed E-state index contributed by atoms with van der Waals surface area (Å²) in [6.45, 7) is 12.8. The van der Waals surface area contributed by atoms with E-state index in [-0.39, 0.29) is 18.0 Å². The van der Waals surface area contributed by atoms with Crippen LogP contribution in [0.5, 0.6) is 5.75 Å². The zero-order valence-electron chi connectivity index (χ0n) is 15.7. The fourth-order valence-electron chi connectivity index (χ4n) is 3.61. The molecule has 1 saturated heterocycles. The number of carbonyl (C=O) groups is 1. The van der Waals surface area contributed by atoms with E-state index in [1.807, 2.05) is 23.1 Å². The molecule has 134 valence electrons. The summed E-state index contributed by atoms with van der Waals surface area (Å²) in [5, 5.41) is 0. The molecule has 1 N–H and O–H groups in total. The highest BCUT2D eigenvalue weighted by Gasteiger charge is 2.27. The topological polar surface area (TPSA) is 37.2 Å². The number of carbonyl (C=O) groups excluding carboxylic acids is 1. The number of para-hydroxylation sites is 2. The van der Waals surface area contributed by atoms with Crippen LogP contribution in [0.3, 0.4) is 0 Å². The Kier molecular flexibility index (Phi) is 6.49. The van der Waals surface area contributed by atoms with E-state index in [9.17, 15) is 4.79 Å². The number of benzene rings is 1. The molecule has 0 atom stereocenters. The molecule has 0 radical (unpaired) electrons. The monoisotopic (exact) mass is 334 g/mol. The number of nitrogens with zero attached hydrogens (tertiary/aromatic N) is 2. The van der Waals surface area contributed by atoms with Crippen molar-refractivity contribution in [3.63, 3.8) is 0 Å². The van der Waals surface area contributed by atoms with Gasteiger partial charge in [0.1, 0.15) is 5.75 Å². The standard InChI is InChI=1S/C19H31N3O2/c1-15(2)22(16(3)4)19(23)14-20-10-12-21(13-11-20)17-8-6-7-9-18(17)24-5/h6-9,15-16H,10-14H2,1-5H3/p+1. The number of amides is 1. The number of hydrogen-bond donors (Lipinski definition) is 1. The van der Waals surface area contributed by atoms with Gasteiger partial charge < -0.3 is 19.4 Å². The van der Waals surface area contributed by atoms with E-state index in [1.165, 1.54) is 4.90 Å². The molecule has 0 aromatic heterocycles. The zero-order valence-corrected chi connectivity index (χ0v) is 15.7. The molecule has 1 amide bonds. The van der Waals surface area contributed by atoms with Gasteiger partial charge in [-0.25, -0.2) is 0 Å². The maximum Gasteiger partial charge on any atom is 0.278 e. The van der Waals surface area contributed by atoms with Crippen molar-refractivity contribution in [1.29, 1.82) is 0 Å². The fraction of sp³-hybridized carbons (Fsp3) is 0.632. The highest BCUT2D eigenvalue weighted by Crippen LogP contribution is 2.27. The third-order valence-electron chi connectivity index (χ3n) is 4.70. The highest BCUT2D eigenvalue weighted by atomic mass is 16.5. The molecule has 0 unspecified atom stereocenters. The Hall–Kier alpha value is -1.75. The third kappa shape index (κ3) is 4.41. The minimum Gasteiger partial charge on any atom is -0.495 e. The lowest BCUT2D eigenvalue weighted by molar-refractivity contribution is -0.892. The predicted molar refractivity (Wildman–Crippen MR) is 97.9 cm³/mol. The molecule has 5 heteroatoms. The molecule has 1 fully saturated rings. The minimum absolute atomic E-state index is 0.256. The van der Waals surface area contributed by atoms with Crippen molar-refractivity contribution in [3.8, 4) is 5.75 Å². The minimum atomic E-state index is 0.256. The van der Waals surface area contributed by atoms with Crippen molar-refractivity contribution in [2.75, 3.05) is 44.7 Å². The van der Waals surface area contributed by atoms with E-state index in [1.54, 1.807) is 7.11 Å². The summed E-state index contributed by atoms with van der Waals surface area (Å²) in [5.41, 5.74) is 1.15. The number of piperazine rings is 1. The number of ether oxygens (including phenoxy) is 1. The lowest BCUT2D eigenvalue weighted by atomic mass is 10.2. The largest absolute Gasteiger partial charge is 0.495 e. The summed E-state index contributed by atoms with van der Waals surface area (Å²) in [7, 11) is 1.71. The number of rotatable bonds is 6. The number of quaternary nitrogens is 1. The van der Waals surface area contributed by atoms with Gasteiger partial charge in [-0.2, -0.15) is 0 Å². The van der Waals surface area contributed by atoms with Gasteiger partial charge in [-0.3, -0.25) is 4.79 Å². The van der Waals surface area contributed by atoms with Crippen molar-refractivity contribution < 1.29 is 14.4 Å². The van der Waals surface area contributed by atoms with Gasteiger partial charge in [0, 0.05) is 12.1 Å². The van der Waals surface area contributed by atoms with Gasteiger partial charge in [0.05, 0.1) is 39.0 Å².